The maximum atomic E-state index is 3.98. The highest BCUT2D eigenvalue weighted by atomic mass is 14.1. The van der Waals surface area contributed by atoms with Crippen molar-refractivity contribution >= 4 is 0 Å². The van der Waals surface area contributed by atoms with E-state index < -0.39 is 0 Å². The Bertz CT molecular complexity index is 274. The Balaban J connectivity index is 3.08. The van der Waals surface area contributed by atoms with Gasteiger partial charge in [-0.1, -0.05) is 36.5 Å². The van der Waals surface area contributed by atoms with Gasteiger partial charge in [0.05, 0.1) is 0 Å². The quantitative estimate of drug-likeness (QED) is 0.576. The molecule has 0 spiro atoms. The Kier molecular flexibility index (Phi) is 2.69. The zero-order valence-corrected chi connectivity index (χ0v) is 7.98. The molecule has 12 heavy (non-hydrogen) atoms. The number of hydrogen-bond donors (Lipinski definition) is 0. The van der Waals surface area contributed by atoms with Crippen LogP contribution in [0.5, 0.6) is 0 Å². The minimum absolute atomic E-state index is 1.12. The second-order valence-corrected chi connectivity index (χ2v) is 3.39. The molecular formula is C12H16. The highest BCUT2D eigenvalue weighted by Crippen LogP contribution is 2.27. The number of allylic oxidation sites excluding steroid dienone is 6. The molecule has 0 bridgehead atoms. The standard InChI is InChI=1S/C12H16/c1-9(2)11-7-5-6-8-12(11)10(3)4/h5,7H,1,3,6,8H2,2,4H3. The molecule has 0 atom stereocenters. The monoisotopic (exact) mass is 160 g/mol. The summed E-state index contributed by atoms with van der Waals surface area (Å²) >= 11 is 0. The van der Waals surface area contributed by atoms with Crippen molar-refractivity contribution in [3.63, 3.8) is 0 Å². The van der Waals surface area contributed by atoms with Crippen LogP contribution >= 0.6 is 0 Å². The highest BCUT2D eigenvalue weighted by Gasteiger charge is 2.08. The normalized spacial score (nSPS) is 16.5. The van der Waals surface area contributed by atoms with Crippen LogP contribution in [-0.2, 0) is 0 Å². The van der Waals surface area contributed by atoms with Crippen molar-refractivity contribution < 1.29 is 0 Å². The molecule has 0 nitrogen and oxygen atoms in total. The molecule has 0 heteroatoms. The van der Waals surface area contributed by atoms with E-state index in [-0.39, 0.29) is 0 Å². The van der Waals surface area contributed by atoms with Crippen LogP contribution < -0.4 is 0 Å². The van der Waals surface area contributed by atoms with Gasteiger partial charge in [-0.2, -0.15) is 0 Å². The summed E-state index contributed by atoms with van der Waals surface area (Å²) in [7, 11) is 0. The van der Waals surface area contributed by atoms with Gasteiger partial charge in [0.1, 0.15) is 0 Å². The Hall–Kier alpha value is -1.04. The van der Waals surface area contributed by atoms with E-state index in [1.807, 2.05) is 6.92 Å². The largest absolute Gasteiger partial charge is 0.0958 e. The lowest BCUT2D eigenvalue weighted by atomic mass is 9.90. The van der Waals surface area contributed by atoms with E-state index in [2.05, 4.69) is 32.2 Å². The summed E-state index contributed by atoms with van der Waals surface area (Å²) < 4.78 is 0. The molecule has 0 aliphatic heterocycles. The SMILES string of the molecule is C=C(C)C1=C(C(=C)C)CCC=C1. The van der Waals surface area contributed by atoms with Crippen LogP contribution in [0.4, 0.5) is 0 Å². The second kappa shape index (κ2) is 3.57. The molecule has 0 saturated carbocycles. The molecule has 1 aliphatic carbocycles. The van der Waals surface area contributed by atoms with Gasteiger partial charge in [0.25, 0.3) is 0 Å². The van der Waals surface area contributed by atoms with Crippen LogP contribution in [0.3, 0.4) is 0 Å². The van der Waals surface area contributed by atoms with E-state index in [0.717, 1.165) is 18.4 Å². The Morgan fingerprint density at radius 2 is 1.92 bits per heavy atom. The van der Waals surface area contributed by atoms with Crippen LogP contribution in [-0.4, -0.2) is 0 Å². The van der Waals surface area contributed by atoms with Crippen LogP contribution in [0, 0.1) is 0 Å². The van der Waals surface area contributed by atoms with Gasteiger partial charge in [0.15, 0.2) is 0 Å². The molecular weight excluding hydrogens is 144 g/mol. The first-order valence-electron chi connectivity index (χ1n) is 4.34. The Labute approximate surface area is 75.0 Å². The average molecular weight is 160 g/mol. The third-order valence-electron chi connectivity index (χ3n) is 2.15. The van der Waals surface area contributed by atoms with Gasteiger partial charge < -0.3 is 0 Å². The topological polar surface area (TPSA) is 0 Å². The van der Waals surface area contributed by atoms with E-state index in [9.17, 15) is 0 Å². The van der Waals surface area contributed by atoms with Crippen LogP contribution in [0.15, 0.2) is 47.6 Å². The molecule has 64 valence electrons. The predicted molar refractivity (Wildman–Crippen MR) is 55.0 cm³/mol. The van der Waals surface area contributed by atoms with Crippen molar-refractivity contribution in [2.24, 2.45) is 0 Å². The summed E-state index contributed by atoms with van der Waals surface area (Å²) in [5.74, 6) is 0. The summed E-state index contributed by atoms with van der Waals surface area (Å²) in [5, 5.41) is 0. The van der Waals surface area contributed by atoms with Gasteiger partial charge in [0.2, 0.25) is 0 Å². The Morgan fingerprint density at radius 1 is 1.25 bits per heavy atom. The summed E-state index contributed by atoms with van der Waals surface area (Å²) in [4.78, 5) is 0. The van der Waals surface area contributed by atoms with E-state index in [4.69, 9.17) is 0 Å². The molecule has 0 fully saturated rings. The molecule has 0 aromatic rings. The van der Waals surface area contributed by atoms with Gasteiger partial charge in [0, 0.05) is 0 Å². The maximum absolute atomic E-state index is 3.98. The minimum atomic E-state index is 1.12. The van der Waals surface area contributed by atoms with Crippen molar-refractivity contribution in [2.45, 2.75) is 26.7 Å². The number of rotatable bonds is 2. The third-order valence-corrected chi connectivity index (χ3v) is 2.15. The van der Waals surface area contributed by atoms with Gasteiger partial charge >= 0.3 is 0 Å². The molecule has 0 heterocycles. The molecule has 0 aromatic heterocycles. The van der Waals surface area contributed by atoms with Crippen molar-refractivity contribution in [1.82, 2.24) is 0 Å². The van der Waals surface area contributed by atoms with Gasteiger partial charge in [-0.3, -0.25) is 0 Å². The highest BCUT2D eigenvalue weighted by molar-refractivity contribution is 5.49. The van der Waals surface area contributed by atoms with Gasteiger partial charge in [-0.25, -0.2) is 0 Å². The lowest BCUT2D eigenvalue weighted by Crippen LogP contribution is -1.96. The van der Waals surface area contributed by atoms with E-state index in [1.165, 1.54) is 16.7 Å². The summed E-state index contributed by atoms with van der Waals surface area (Å²) in [6.07, 6.45) is 6.62. The van der Waals surface area contributed by atoms with Crippen LogP contribution in [0.2, 0.25) is 0 Å². The first-order chi connectivity index (χ1) is 5.63. The fraction of sp³-hybridized carbons (Fsp3) is 0.333. The zero-order valence-electron chi connectivity index (χ0n) is 7.98. The molecule has 0 aromatic carbocycles. The van der Waals surface area contributed by atoms with Crippen molar-refractivity contribution in [2.75, 3.05) is 0 Å². The molecule has 0 saturated heterocycles. The summed E-state index contributed by atoms with van der Waals surface area (Å²) in [6.45, 7) is 12.1. The second-order valence-electron chi connectivity index (χ2n) is 3.39. The summed E-state index contributed by atoms with van der Waals surface area (Å²) in [5.41, 5.74) is 4.99. The average Bonchev–Trinajstić information content (AvgIpc) is 2.04. The Morgan fingerprint density at radius 3 is 2.33 bits per heavy atom. The zero-order chi connectivity index (χ0) is 9.14. The first-order valence-corrected chi connectivity index (χ1v) is 4.34. The van der Waals surface area contributed by atoms with Crippen LogP contribution in [0.1, 0.15) is 26.7 Å². The van der Waals surface area contributed by atoms with E-state index >= 15 is 0 Å². The van der Waals surface area contributed by atoms with Crippen molar-refractivity contribution in [3.8, 4) is 0 Å². The summed E-state index contributed by atoms with van der Waals surface area (Å²) in [6, 6.07) is 0. The molecule has 0 N–H and O–H groups in total. The smallest absolute Gasteiger partial charge is 0.0202 e. The van der Waals surface area contributed by atoms with Crippen molar-refractivity contribution in [3.05, 3.63) is 47.6 Å². The molecule has 0 amide bonds. The lowest BCUT2D eigenvalue weighted by Gasteiger charge is -2.15. The van der Waals surface area contributed by atoms with Crippen molar-refractivity contribution in [1.29, 1.82) is 0 Å². The van der Waals surface area contributed by atoms with E-state index in [1.54, 1.807) is 0 Å². The molecule has 1 aliphatic rings. The maximum Gasteiger partial charge on any atom is -0.0202 e. The van der Waals surface area contributed by atoms with E-state index in [0.29, 0.717) is 0 Å². The van der Waals surface area contributed by atoms with Gasteiger partial charge in [-0.05, 0) is 37.8 Å². The lowest BCUT2D eigenvalue weighted by molar-refractivity contribution is 0.951. The molecule has 0 radical (unpaired) electrons. The molecule has 1 rings (SSSR count). The first kappa shape index (κ1) is 9.05. The predicted octanol–water partition coefficient (Wildman–Crippen LogP) is 3.79. The van der Waals surface area contributed by atoms with Gasteiger partial charge in [-0.15, -0.1) is 0 Å². The number of hydrogen-bond acceptors (Lipinski definition) is 0. The minimum Gasteiger partial charge on any atom is -0.0958 e. The fourth-order valence-corrected chi connectivity index (χ4v) is 1.51. The third kappa shape index (κ3) is 1.76. The fourth-order valence-electron chi connectivity index (χ4n) is 1.51. The molecule has 0 unspecified atom stereocenters. The van der Waals surface area contributed by atoms with Crippen LogP contribution in [0.25, 0.3) is 0 Å².